The number of esters is 1. The van der Waals surface area contributed by atoms with E-state index in [-0.39, 0.29) is 11.4 Å². The van der Waals surface area contributed by atoms with E-state index < -0.39 is 5.97 Å². The summed E-state index contributed by atoms with van der Waals surface area (Å²) in [6.45, 7) is 0. The van der Waals surface area contributed by atoms with E-state index in [0.717, 1.165) is 0 Å². The lowest BCUT2D eigenvalue weighted by Gasteiger charge is -2.11. The maximum Gasteiger partial charge on any atom is 0.343 e. The minimum atomic E-state index is -0.575. The van der Waals surface area contributed by atoms with Crippen LogP contribution in [0.2, 0.25) is 0 Å². The molecule has 1 aromatic carbocycles. The van der Waals surface area contributed by atoms with Gasteiger partial charge in [-0.3, -0.25) is 0 Å². The van der Waals surface area contributed by atoms with Gasteiger partial charge in [0.05, 0.1) is 30.6 Å². The van der Waals surface area contributed by atoms with Crippen LogP contribution in [-0.4, -0.2) is 25.2 Å². The van der Waals surface area contributed by atoms with Crippen molar-refractivity contribution in [1.82, 2.24) is 4.98 Å². The van der Waals surface area contributed by atoms with Gasteiger partial charge in [0.1, 0.15) is 17.1 Å². The lowest BCUT2D eigenvalue weighted by atomic mass is 10.2. The number of rotatable bonds is 4. The van der Waals surface area contributed by atoms with E-state index >= 15 is 0 Å². The number of aromatic nitrogens is 1. The van der Waals surface area contributed by atoms with E-state index in [2.05, 4.69) is 20.9 Å². The van der Waals surface area contributed by atoms with E-state index in [1.54, 1.807) is 25.3 Å². The second-order valence-electron chi connectivity index (χ2n) is 4.01. The molecule has 0 spiro atoms. The Morgan fingerprint density at radius 1 is 1.29 bits per heavy atom. The first-order valence-electron chi connectivity index (χ1n) is 5.90. The predicted octanol–water partition coefficient (Wildman–Crippen LogP) is 3.01. The maximum atomic E-state index is 11.7. The summed E-state index contributed by atoms with van der Waals surface area (Å²) in [4.78, 5) is 15.8. The van der Waals surface area contributed by atoms with Crippen molar-refractivity contribution < 1.29 is 19.0 Å². The number of nitrogens with zero attached hydrogens (tertiary/aromatic N) is 1. The molecule has 1 heterocycles. The van der Waals surface area contributed by atoms with Crippen LogP contribution in [0.4, 0.5) is 5.69 Å². The fraction of sp³-hybridized carbons (Fsp3) is 0.143. The second-order valence-corrected chi connectivity index (χ2v) is 4.87. The maximum absolute atomic E-state index is 11.7. The highest BCUT2D eigenvalue weighted by Crippen LogP contribution is 2.33. The molecule has 1 aromatic heterocycles. The van der Waals surface area contributed by atoms with Gasteiger partial charge in [-0.05, 0) is 40.2 Å². The zero-order valence-electron chi connectivity index (χ0n) is 11.4. The Kier molecular flexibility index (Phi) is 4.64. The van der Waals surface area contributed by atoms with Gasteiger partial charge in [-0.2, -0.15) is 0 Å². The standard InChI is InChI=1S/C14H13BrN2O4/c1-19-9-3-4-12(11(15)6-9)21-13-10(14(18)20-2)5-8(16)7-17-13/h3-7H,16H2,1-2H3. The fourth-order valence-electron chi connectivity index (χ4n) is 1.60. The topological polar surface area (TPSA) is 83.7 Å². The Morgan fingerprint density at radius 3 is 2.67 bits per heavy atom. The minimum Gasteiger partial charge on any atom is -0.497 e. The van der Waals surface area contributed by atoms with Gasteiger partial charge in [0, 0.05) is 0 Å². The molecule has 0 fully saturated rings. The van der Waals surface area contributed by atoms with Crippen LogP contribution < -0.4 is 15.2 Å². The number of methoxy groups -OCH3 is 2. The van der Waals surface area contributed by atoms with Gasteiger partial charge >= 0.3 is 5.97 Å². The first-order chi connectivity index (χ1) is 10.0. The van der Waals surface area contributed by atoms with Gasteiger partial charge in [0.15, 0.2) is 0 Å². The summed E-state index contributed by atoms with van der Waals surface area (Å²) in [5, 5.41) is 0. The predicted molar refractivity (Wildman–Crippen MR) is 80.8 cm³/mol. The number of hydrogen-bond acceptors (Lipinski definition) is 6. The van der Waals surface area contributed by atoms with E-state index in [1.165, 1.54) is 19.4 Å². The molecular formula is C14H13BrN2O4. The third-order valence-corrected chi connectivity index (χ3v) is 3.24. The van der Waals surface area contributed by atoms with Crippen LogP contribution in [0, 0.1) is 0 Å². The fourth-order valence-corrected chi connectivity index (χ4v) is 2.04. The molecule has 0 aliphatic rings. The number of pyridine rings is 1. The minimum absolute atomic E-state index is 0.113. The number of ether oxygens (including phenoxy) is 3. The van der Waals surface area contributed by atoms with Crippen molar-refractivity contribution in [2.24, 2.45) is 0 Å². The highest BCUT2D eigenvalue weighted by molar-refractivity contribution is 9.10. The molecule has 0 atom stereocenters. The van der Waals surface area contributed by atoms with Crippen molar-refractivity contribution in [3.8, 4) is 17.4 Å². The SMILES string of the molecule is COC(=O)c1cc(N)cnc1Oc1ccc(OC)cc1Br. The molecule has 110 valence electrons. The van der Waals surface area contributed by atoms with Gasteiger partial charge in [0.2, 0.25) is 5.88 Å². The quantitative estimate of drug-likeness (QED) is 0.851. The summed E-state index contributed by atoms with van der Waals surface area (Å²) in [6, 6.07) is 6.62. The van der Waals surface area contributed by atoms with E-state index in [9.17, 15) is 4.79 Å². The molecule has 0 amide bonds. The Balaban J connectivity index is 2.37. The molecule has 21 heavy (non-hydrogen) atoms. The molecule has 2 N–H and O–H groups in total. The molecule has 7 heteroatoms. The number of halogens is 1. The third-order valence-electron chi connectivity index (χ3n) is 2.62. The van der Waals surface area contributed by atoms with Crippen LogP contribution in [0.1, 0.15) is 10.4 Å². The largest absolute Gasteiger partial charge is 0.497 e. The zero-order chi connectivity index (χ0) is 15.4. The van der Waals surface area contributed by atoms with Crippen LogP contribution in [0.3, 0.4) is 0 Å². The molecule has 0 aliphatic carbocycles. The second kappa shape index (κ2) is 6.45. The number of anilines is 1. The van der Waals surface area contributed by atoms with E-state index in [4.69, 9.17) is 19.9 Å². The van der Waals surface area contributed by atoms with Gasteiger partial charge in [-0.1, -0.05) is 0 Å². The molecular weight excluding hydrogens is 340 g/mol. The molecule has 0 saturated heterocycles. The molecule has 6 nitrogen and oxygen atoms in total. The highest BCUT2D eigenvalue weighted by Gasteiger charge is 2.17. The number of nitrogen functional groups attached to an aromatic ring is 1. The molecule has 0 radical (unpaired) electrons. The summed E-state index contributed by atoms with van der Waals surface area (Å²) in [7, 11) is 2.85. The van der Waals surface area contributed by atoms with E-state index in [1.807, 2.05) is 0 Å². The number of hydrogen-bond donors (Lipinski definition) is 1. The monoisotopic (exact) mass is 352 g/mol. The Morgan fingerprint density at radius 2 is 2.05 bits per heavy atom. The summed E-state index contributed by atoms with van der Waals surface area (Å²) in [5.74, 6) is 0.697. The van der Waals surface area contributed by atoms with Crippen LogP contribution in [0.25, 0.3) is 0 Å². The molecule has 0 bridgehead atoms. The molecule has 2 aromatic rings. The van der Waals surface area contributed by atoms with Crippen molar-refractivity contribution in [3.05, 3.63) is 40.5 Å². The summed E-state index contributed by atoms with van der Waals surface area (Å²) in [6.07, 6.45) is 1.40. The van der Waals surface area contributed by atoms with Crippen LogP contribution in [-0.2, 0) is 4.74 Å². The summed E-state index contributed by atoms with van der Waals surface area (Å²) < 4.78 is 16.1. The van der Waals surface area contributed by atoms with Crippen molar-refractivity contribution in [1.29, 1.82) is 0 Å². The molecule has 0 unspecified atom stereocenters. The smallest absolute Gasteiger partial charge is 0.343 e. The summed E-state index contributed by atoms with van der Waals surface area (Å²) >= 11 is 3.36. The van der Waals surface area contributed by atoms with Gasteiger partial charge < -0.3 is 19.9 Å². The molecule has 0 aliphatic heterocycles. The third kappa shape index (κ3) is 3.43. The number of carbonyl (C=O) groups is 1. The molecule has 0 saturated carbocycles. The normalized spacial score (nSPS) is 10.0. The number of nitrogens with two attached hydrogens (primary N) is 1. The molecule has 2 rings (SSSR count). The van der Waals surface area contributed by atoms with Crippen LogP contribution >= 0.6 is 15.9 Å². The first kappa shape index (κ1) is 15.1. The number of benzene rings is 1. The van der Waals surface area contributed by atoms with Crippen molar-refractivity contribution in [2.75, 3.05) is 20.0 Å². The number of carbonyl (C=O) groups excluding carboxylic acids is 1. The van der Waals surface area contributed by atoms with Crippen LogP contribution in [0.15, 0.2) is 34.9 Å². The Bertz CT molecular complexity index is 676. The van der Waals surface area contributed by atoms with Crippen molar-refractivity contribution in [2.45, 2.75) is 0 Å². The Labute approximate surface area is 130 Å². The van der Waals surface area contributed by atoms with Gasteiger partial charge in [-0.25, -0.2) is 9.78 Å². The van der Waals surface area contributed by atoms with Crippen molar-refractivity contribution >= 4 is 27.6 Å². The Hall–Kier alpha value is -2.28. The average Bonchev–Trinajstić information content (AvgIpc) is 2.49. The average molecular weight is 353 g/mol. The first-order valence-corrected chi connectivity index (χ1v) is 6.69. The lowest BCUT2D eigenvalue weighted by molar-refractivity contribution is 0.0597. The highest BCUT2D eigenvalue weighted by atomic mass is 79.9. The van der Waals surface area contributed by atoms with Gasteiger partial charge in [0.25, 0.3) is 0 Å². The summed E-state index contributed by atoms with van der Waals surface area (Å²) in [5.41, 5.74) is 6.13. The van der Waals surface area contributed by atoms with E-state index in [0.29, 0.717) is 21.7 Å². The lowest BCUT2D eigenvalue weighted by Crippen LogP contribution is -2.06. The van der Waals surface area contributed by atoms with Crippen molar-refractivity contribution in [3.63, 3.8) is 0 Å². The van der Waals surface area contributed by atoms with Gasteiger partial charge in [-0.15, -0.1) is 0 Å². The van der Waals surface area contributed by atoms with Crippen LogP contribution in [0.5, 0.6) is 17.4 Å². The zero-order valence-corrected chi connectivity index (χ0v) is 13.0.